The molecule has 1 heterocycles. The Morgan fingerprint density at radius 1 is 0.967 bits per heavy atom. The second-order valence-corrected chi connectivity index (χ2v) is 7.02. The number of carbonyl (C=O) groups is 2. The molecule has 160 valence electrons. The lowest BCUT2D eigenvalue weighted by molar-refractivity contribution is -0.134. The molecule has 0 radical (unpaired) electrons. The van der Waals surface area contributed by atoms with Gasteiger partial charge in [0.15, 0.2) is 18.2 Å². The summed E-state index contributed by atoms with van der Waals surface area (Å²) in [6.45, 7) is 2.49. The summed E-state index contributed by atoms with van der Waals surface area (Å²) in [5.41, 5.74) is -0.646. The second-order valence-electron chi connectivity index (χ2n) is 6.58. The molecule has 0 atom stereocenters. The standard InChI is InChI=1S/C21H21ClF2N2O4/c1-2-29-17-8-7-16(23)19(20(17)24)21(28)26-11-9-25(10-12-26)18(27)13-30-15-5-3-14(22)4-6-15/h3-8H,2,9-13H2,1H3. The Morgan fingerprint density at radius 3 is 2.23 bits per heavy atom. The molecule has 1 saturated heterocycles. The van der Waals surface area contributed by atoms with Crippen LogP contribution in [0.2, 0.25) is 5.02 Å². The Morgan fingerprint density at radius 2 is 1.60 bits per heavy atom. The molecular formula is C21H21ClF2N2O4. The predicted molar refractivity (Wildman–Crippen MR) is 107 cm³/mol. The number of nitrogens with zero attached hydrogens (tertiary/aromatic N) is 2. The Labute approximate surface area is 177 Å². The van der Waals surface area contributed by atoms with E-state index in [1.54, 1.807) is 36.1 Å². The monoisotopic (exact) mass is 438 g/mol. The van der Waals surface area contributed by atoms with E-state index in [4.69, 9.17) is 21.1 Å². The molecule has 1 aliphatic rings. The average molecular weight is 439 g/mol. The molecule has 1 fully saturated rings. The molecule has 2 amide bonds. The molecule has 9 heteroatoms. The fraction of sp³-hybridized carbons (Fsp3) is 0.333. The van der Waals surface area contributed by atoms with Crippen molar-refractivity contribution in [3.8, 4) is 11.5 Å². The Kier molecular flexibility index (Phi) is 7.10. The highest BCUT2D eigenvalue weighted by Gasteiger charge is 2.29. The molecular weight excluding hydrogens is 418 g/mol. The van der Waals surface area contributed by atoms with E-state index in [2.05, 4.69) is 0 Å². The van der Waals surface area contributed by atoms with Crippen LogP contribution in [0.25, 0.3) is 0 Å². The van der Waals surface area contributed by atoms with Crippen molar-refractivity contribution in [3.05, 3.63) is 58.6 Å². The van der Waals surface area contributed by atoms with Crippen molar-refractivity contribution < 1.29 is 27.8 Å². The minimum absolute atomic E-state index is 0.156. The quantitative estimate of drug-likeness (QED) is 0.693. The van der Waals surface area contributed by atoms with Gasteiger partial charge in [-0.05, 0) is 43.3 Å². The summed E-state index contributed by atoms with van der Waals surface area (Å²) in [6.07, 6.45) is 0. The van der Waals surface area contributed by atoms with Crippen LogP contribution in [0.1, 0.15) is 17.3 Å². The highest BCUT2D eigenvalue weighted by atomic mass is 35.5. The summed E-state index contributed by atoms with van der Waals surface area (Å²) in [5, 5.41) is 0.564. The van der Waals surface area contributed by atoms with Gasteiger partial charge >= 0.3 is 0 Å². The van der Waals surface area contributed by atoms with E-state index in [1.807, 2.05) is 0 Å². The van der Waals surface area contributed by atoms with Crippen LogP contribution < -0.4 is 9.47 Å². The first-order chi connectivity index (χ1) is 14.4. The van der Waals surface area contributed by atoms with Crippen LogP contribution >= 0.6 is 11.6 Å². The molecule has 2 aromatic rings. The summed E-state index contributed by atoms with van der Waals surface area (Å²) in [5.74, 6) is -2.63. The zero-order valence-corrected chi connectivity index (χ0v) is 17.1. The third kappa shape index (κ3) is 4.99. The fourth-order valence-corrected chi connectivity index (χ4v) is 3.21. The lowest BCUT2D eigenvalue weighted by Gasteiger charge is -2.34. The zero-order chi connectivity index (χ0) is 21.7. The topological polar surface area (TPSA) is 59.1 Å². The van der Waals surface area contributed by atoms with E-state index in [1.165, 1.54) is 4.90 Å². The normalized spacial score (nSPS) is 13.9. The van der Waals surface area contributed by atoms with Crippen LogP contribution in [0.3, 0.4) is 0 Å². The van der Waals surface area contributed by atoms with Crippen molar-refractivity contribution in [1.29, 1.82) is 0 Å². The van der Waals surface area contributed by atoms with Crippen molar-refractivity contribution in [2.75, 3.05) is 39.4 Å². The number of carbonyl (C=O) groups excluding carboxylic acids is 2. The van der Waals surface area contributed by atoms with Crippen molar-refractivity contribution in [3.63, 3.8) is 0 Å². The van der Waals surface area contributed by atoms with Gasteiger partial charge in [-0.25, -0.2) is 8.78 Å². The summed E-state index contributed by atoms with van der Waals surface area (Å²) >= 11 is 5.81. The van der Waals surface area contributed by atoms with Gasteiger partial charge < -0.3 is 19.3 Å². The molecule has 0 N–H and O–H groups in total. The number of hydrogen-bond acceptors (Lipinski definition) is 4. The van der Waals surface area contributed by atoms with E-state index in [-0.39, 0.29) is 51.0 Å². The fourth-order valence-electron chi connectivity index (χ4n) is 3.08. The van der Waals surface area contributed by atoms with Gasteiger partial charge in [0.2, 0.25) is 0 Å². The van der Waals surface area contributed by atoms with Crippen molar-refractivity contribution >= 4 is 23.4 Å². The maximum atomic E-state index is 14.5. The lowest BCUT2D eigenvalue weighted by atomic mass is 10.1. The molecule has 1 aliphatic heterocycles. The molecule has 6 nitrogen and oxygen atoms in total. The number of ether oxygens (including phenoxy) is 2. The third-order valence-corrected chi connectivity index (χ3v) is 4.92. The number of piperazine rings is 1. The van der Waals surface area contributed by atoms with E-state index in [0.29, 0.717) is 10.8 Å². The van der Waals surface area contributed by atoms with Gasteiger partial charge in [-0.1, -0.05) is 11.6 Å². The van der Waals surface area contributed by atoms with Crippen LogP contribution in [-0.4, -0.2) is 61.0 Å². The summed E-state index contributed by atoms with van der Waals surface area (Å²) in [7, 11) is 0. The van der Waals surface area contributed by atoms with Crippen LogP contribution in [-0.2, 0) is 4.79 Å². The van der Waals surface area contributed by atoms with Gasteiger partial charge in [0, 0.05) is 31.2 Å². The van der Waals surface area contributed by atoms with Crippen molar-refractivity contribution in [1.82, 2.24) is 9.80 Å². The summed E-state index contributed by atoms with van der Waals surface area (Å²) in [6, 6.07) is 8.80. The minimum atomic E-state index is -1.02. The third-order valence-electron chi connectivity index (χ3n) is 4.66. The number of hydrogen-bond donors (Lipinski definition) is 0. The number of rotatable bonds is 6. The second kappa shape index (κ2) is 9.75. The smallest absolute Gasteiger partial charge is 0.260 e. The number of benzene rings is 2. The highest BCUT2D eigenvalue weighted by molar-refractivity contribution is 6.30. The Hall–Kier alpha value is -2.87. The van der Waals surface area contributed by atoms with Gasteiger partial charge in [0.1, 0.15) is 17.1 Å². The van der Waals surface area contributed by atoms with Crippen LogP contribution in [0.5, 0.6) is 11.5 Å². The van der Waals surface area contributed by atoms with Crippen molar-refractivity contribution in [2.45, 2.75) is 6.92 Å². The lowest BCUT2D eigenvalue weighted by Crippen LogP contribution is -2.51. The Balaban J connectivity index is 1.57. The number of amides is 2. The molecule has 0 saturated carbocycles. The predicted octanol–water partition coefficient (Wildman–Crippen LogP) is 3.38. The zero-order valence-electron chi connectivity index (χ0n) is 16.4. The van der Waals surface area contributed by atoms with E-state index < -0.39 is 23.1 Å². The first kappa shape index (κ1) is 21.8. The molecule has 0 aromatic heterocycles. The van der Waals surface area contributed by atoms with E-state index >= 15 is 0 Å². The van der Waals surface area contributed by atoms with Gasteiger partial charge in [0.05, 0.1) is 6.61 Å². The molecule has 2 aromatic carbocycles. The van der Waals surface area contributed by atoms with Crippen LogP contribution in [0, 0.1) is 11.6 Å². The largest absolute Gasteiger partial charge is 0.491 e. The van der Waals surface area contributed by atoms with Gasteiger partial charge in [0.25, 0.3) is 11.8 Å². The van der Waals surface area contributed by atoms with Gasteiger partial charge in [-0.2, -0.15) is 0 Å². The van der Waals surface area contributed by atoms with Crippen LogP contribution in [0.4, 0.5) is 8.78 Å². The maximum absolute atomic E-state index is 14.5. The summed E-state index contributed by atoms with van der Waals surface area (Å²) in [4.78, 5) is 27.9. The average Bonchev–Trinajstić information content (AvgIpc) is 2.75. The van der Waals surface area contributed by atoms with E-state index in [9.17, 15) is 18.4 Å². The van der Waals surface area contributed by atoms with Gasteiger partial charge in [-0.3, -0.25) is 9.59 Å². The minimum Gasteiger partial charge on any atom is -0.491 e. The number of halogens is 3. The van der Waals surface area contributed by atoms with E-state index in [0.717, 1.165) is 12.1 Å². The first-order valence-corrected chi connectivity index (χ1v) is 9.84. The van der Waals surface area contributed by atoms with Crippen LogP contribution in [0.15, 0.2) is 36.4 Å². The molecule has 0 spiro atoms. The molecule has 0 unspecified atom stereocenters. The maximum Gasteiger partial charge on any atom is 0.260 e. The van der Waals surface area contributed by atoms with Crippen molar-refractivity contribution in [2.24, 2.45) is 0 Å². The molecule has 3 rings (SSSR count). The molecule has 0 aliphatic carbocycles. The molecule has 0 bridgehead atoms. The SMILES string of the molecule is CCOc1ccc(F)c(C(=O)N2CCN(C(=O)COc3ccc(Cl)cc3)CC2)c1F. The Bertz CT molecular complexity index is 916. The highest BCUT2D eigenvalue weighted by Crippen LogP contribution is 2.25. The molecule has 30 heavy (non-hydrogen) atoms. The first-order valence-electron chi connectivity index (χ1n) is 9.47. The summed E-state index contributed by atoms with van der Waals surface area (Å²) < 4.78 is 39.2. The van der Waals surface area contributed by atoms with Gasteiger partial charge in [-0.15, -0.1) is 0 Å².